The van der Waals surface area contributed by atoms with Crippen LogP contribution in [0.3, 0.4) is 0 Å². The molecule has 0 fully saturated rings. The number of nitrogens with one attached hydrogen (secondary N) is 1. The van der Waals surface area contributed by atoms with Crippen LogP contribution in [-0.4, -0.2) is 28.7 Å². The van der Waals surface area contributed by atoms with Gasteiger partial charge in [0.25, 0.3) is 5.22 Å². The second kappa shape index (κ2) is 7.12. The zero-order valence-electron chi connectivity index (χ0n) is 13.8. The minimum atomic E-state index is -0.204. The van der Waals surface area contributed by atoms with Crippen molar-refractivity contribution >= 4 is 17.7 Å². The average molecular weight is 373 g/mol. The largest absolute Gasteiger partial charge is 0.467 e. The Bertz CT molecular complexity index is 909. The van der Waals surface area contributed by atoms with Crippen LogP contribution in [0.15, 0.2) is 50.7 Å². The van der Waals surface area contributed by atoms with Gasteiger partial charge in [0.15, 0.2) is 11.5 Å². The van der Waals surface area contributed by atoms with E-state index in [4.69, 9.17) is 18.3 Å². The number of hydrogen-bond acceptors (Lipinski definition) is 8. The van der Waals surface area contributed by atoms with Crippen LogP contribution in [0, 0.1) is 0 Å². The van der Waals surface area contributed by atoms with Gasteiger partial charge in [-0.3, -0.25) is 4.79 Å². The smallest absolute Gasteiger partial charge is 0.277 e. The van der Waals surface area contributed by atoms with Crippen LogP contribution in [-0.2, 0) is 4.79 Å². The lowest BCUT2D eigenvalue weighted by Gasteiger charge is -2.10. The van der Waals surface area contributed by atoms with Gasteiger partial charge in [0.1, 0.15) is 5.76 Å². The molecule has 3 heterocycles. The van der Waals surface area contributed by atoms with E-state index in [1.165, 1.54) is 11.8 Å². The lowest BCUT2D eigenvalue weighted by Crippen LogP contribution is -2.27. The molecule has 8 nitrogen and oxygen atoms in total. The molecule has 0 saturated heterocycles. The van der Waals surface area contributed by atoms with Crippen molar-refractivity contribution in [3.63, 3.8) is 0 Å². The summed E-state index contributed by atoms with van der Waals surface area (Å²) in [7, 11) is 0. The third-order valence-corrected chi connectivity index (χ3v) is 4.52. The molecule has 1 atom stereocenters. The summed E-state index contributed by atoms with van der Waals surface area (Å²) in [6.07, 6.45) is 1.57. The molecule has 0 spiro atoms. The van der Waals surface area contributed by atoms with Gasteiger partial charge < -0.3 is 23.6 Å². The molecule has 1 aromatic carbocycles. The Morgan fingerprint density at radius 2 is 2.15 bits per heavy atom. The highest BCUT2D eigenvalue weighted by molar-refractivity contribution is 7.99. The number of aromatic nitrogens is 2. The molecule has 1 aliphatic rings. The lowest BCUT2D eigenvalue weighted by atomic mass is 10.2. The number of ether oxygens (including phenoxy) is 2. The molecule has 4 rings (SSSR count). The maximum Gasteiger partial charge on any atom is 0.277 e. The Morgan fingerprint density at radius 1 is 1.27 bits per heavy atom. The average Bonchev–Trinajstić information content (AvgIpc) is 3.40. The van der Waals surface area contributed by atoms with Crippen LogP contribution >= 0.6 is 11.8 Å². The number of benzene rings is 1. The third kappa shape index (κ3) is 3.52. The van der Waals surface area contributed by atoms with Gasteiger partial charge in [0.2, 0.25) is 18.6 Å². The number of fused-ring (bicyclic) bond motifs is 1. The molecule has 1 aliphatic heterocycles. The van der Waals surface area contributed by atoms with E-state index in [1.807, 2.05) is 19.1 Å². The molecule has 0 bridgehead atoms. The van der Waals surface area contributed by atoms with Gasteiger partial charge in [-0.25, -0.2) is 0 Å². The first-order chi connectivity index (χ1) is 12.7. The minimum absolute atomic E-state index is 0.151. The summed E-state index contributed by atoms with van der Waals surface area (Å²) in [6.45, 7) is 2.06. The highest BCUT2D eigenvalue weighted by atomic mass is 32.2. The van der Waals surface area contributed by atoms with E-state index in [0.717, 1.165) is 5.56 Å². The van der Waals surface area contributed by atoms with Crippen LogP contribution < -0.4 is 14.8 Å². The molecule has 3 aromatic rings. The monoisotopic (exact) mass is 373 g/mol. The zero-order valence-corrected chi connectivity index (χ0v) is 14.6. The van der Waals surface area contributed by atoms with Gasteiger partial charge in [-0.05, 0) is 37.3 Å². The summed E-state index contributed by atoms with van der Waals surface area (Å²) in [5.74, 6) is 2.39. The van der Waals surface area contributed by atoms with E-state index in [-0.39, 0.29) is 24.5 Å². The predicted molar refractivity (Wildman–Crippen MR) is 91.8 cm³/mol. The molecule has 0 aliphatic carbocycles. The number of nitrogens with zero attached hydrogens (tertiary/aromatic N) is 2. The fourth-order valence-corrected chi connectivity index (χ4v) is 3.01. The van der Waals surface area contributed by atoms with Crippen LogP contribution in [0.5, 0.6) is 11.5 Å². The van der Waals surface area contributed by atoms with Crippen molar-refractivity contribution in [1.82, 2.24) is 15.5 Å². The first-order valence-electron chi connectivity index (χ1n) is 7.88. The molecule has 134 valence electrons. The van der Waals surface area contributed by atoms with Crippen molar-refractivity contribution < 1.29 is 23.1 Å². The van der Waals surface area contributed by atoms with Gasteiger partial charge >= 0.3 is 0 Å². The third-order valence-electron chi connectivity index (χ3n) is 3.70. The topological polar surface area (TPSA) is 99.6 Å². The maximum atomic E-state index is 12.0. The molecule has 1 unspecified atom stereocenters. The van der Waals surface area contributed by atoms with E-state index in [2.05, 4.69) is 15.5 Å². The Kier molecular flexibility index (Phi) is 4.53. The fourth-order valence-electron chi connectivity index (χ4n) is 2.43. The summed E-state index contributed by atoms with van der Waals surface area (Å²) in [4.78, 5) is 12.0. The fraction of sp³-hybridized carbons (Fsp3) is 0.235. The Labute approximate surface area is 152 Å². The first-order valence-corrected chi connectivity index (χ1v) is 8.87. The van der Waals surface area contributed by atoms with E-state index < -0.39 is 0 Å². The van der Waals surface area contributed by atoms with E-state index in [9.17, 15) is 4.79 Å². The summed E-state index contributed by atoms with van der Waals surface area (Å²) < 4.78 is 21.5. The number of amides is 1. The number of thioether (sulfide) groups is 1. The van der Waals surface area contributed by atoms with Crippen molar-refractivity contribution in [1.29, 1.82) is 0 Å². The SMILES string of the molecule is CC(NC(=O)CSc1nnc(-c2ccc3c(c2)OCO3)o1)c1ccco1. The van der Waals surface area contributed by atoms with Crippen molar-refractivity contribution in [2.75, 3.05) is 12.5 Å². The highest BCUT2D eigenvalue weighted by Gasteiger charge is 2.18. The molecule has 1 amide bonds. The standard InChI is InChI=1S/C17H15N3O5S/c1-10(12-3-2-6-22-12)18-15(21)8-26-17-20-19-16(25-17)11-4-5-13-14(7-11)24-9-23-13/h2-7,10H,8-9H2,1H3,(H,18,21). The normalized spacial score (nSPS) is 13.6. The van der Waals surface area contributed by atoms with Crippen LogP contribution in [0.25, 0.3) is 11.5 Å². The van der Waals surface area contributed by atoms with Crippen LogP contribution in [0.1, 0.15) is 18.7 Å². The predicted octanol–water partition coefficient (Wildman–Crippen LogP) is 3.03. The maximum absolute atomic E-state index is 12.0. The number of carbonyl (C=O) groups excluding carboxylic acids is 1. The Hall–Kier alpha value is -2.94. The number of rotatable bonds is 6. The van der Waals surface area contributed by atoms with Gasteiger partial charge in [0, 0.05) is 5.56 Å². The van der Waals surface area contributed by atoms with Crippen molar-refractivity contribution in [2.45, 2.75) is 18.2 Å². The quantitative estimate of drug-likeness (QED) is 0.658. The van der Waals surface area contributed by atoms with E-state index in [0.29, 0.717) is 28.4 Å². The van der Waals surface area contributed by atoms with Gasteiger partial charge in [0.05, 0.1) is 18.1 Å². The summed E-state index contributed by atoms with van der Waals surface area (Å²) >= 11 is 1.17. The number of carbonyl (C=O) groups is 1. The number of furan rings is 1. The highest BCUT2D eigenvalue weighted by Crippen LogP contribution is 2.36. The lowest BCUT2D eigenvalue weighted by molar-refractivity contribution is -0.119. The second-order valence-corrected chi connectivity index (χ2v) is 6.46. The van der Waals surface area contributed by atoms with E-state index in [1.54, 1.807) is 24.5 Å². The van der Waals surface area contributed by atoms with Crippen molar-refractivity contribution in [2.24, 2.45) is 0 Å². The molecular formula is C17H15N3O5S. The Balaban J connectivity index is 1.34. The molecule has 0 saturated carbocycles. The molecule has 0 radical (unpaired) electrons. The first kappa shape index (κ1) is 16.5. The second-order valence-electron chi connectivity index (χ2n) is 5.53. The Morgan fingerprint density at radius 3 is 3.00 bits per heavy atom. The molecule has 26 heavy (non-hydrogen) atoms. The summed E-state index contributed by atoms with van der Waals surface area (Å²) in [5, 5.41) is 11.1. The van der Waals surface area contributed by atoms with Crippen molar-refractivity contribution in [3.05, 3.63) is 42.4 Å². The van der Waals surface area contributed by atoms with Crippen LogP contribution in [0.2, 0.25) is 0 Å². The van der Waals surface area contributed by atoms with Crippen molar-refractivity contribution in [3.8, 4) is 23.0 Å². The van der Waals surface area contributed by atoms with Gasteiger partial charge in [-0.15, -0.1) is 10.2 Å². The summed E-state index contributed by atoms with van der Waals surface area (Å²) in [6, 6.07) is 8.77. The minimum Gasteiger partial charge on any atom is -0.467 e. The molecule has 9 heteroatoms. The number of hydrogen-bond donors (Lipinski definition) is 1. The zero-order chi connectivity index (χ0) is 17.9. The van der Waals surface area contributed by atoms with Gasteiger partial charge in [-0.2, -0.15) is 0 Å². The molecular weight excluding hydrogens is 358 g/mol. The van der Waals surface area contributed by atoms with Gasteiger partial charge in [-0.1, -0.05) is 11.8 Å². The molecule has 2 aromatic heterocycles. The van der Waals surface area contributed by atoms with Crippen LogP contribution in [0.4, 0.5) is 0 Å². The van der Waals surface area contributed by atoms with E-state index >= 15 is 0 Å². The molecule has 1 N–H and O–H groups in total. The summed E-state index contributed by atoms with van der Waals surface area (Å²) in [5.41, 5.74) is 0.726.